The Morgan fingerprint density at radius 2 is 1.69 bits per heavy atom. The highest BCUT2D eigenvalue weighted by Gasteiger charge is 2.20. The molecule has 35 heavy (non-hydrogen) atoms. The van der Waals surface area contributed by atoms with Crippen LogP contribution in [0.15, 0.2) is 68.6 Å². The van der Waals surface area contributed by atoms with Crippen LogP contribution in [0, 0.1) is 0 Å². The first-order valence-corrected chi connectivity index (χ1v) is 10.8. The smallest absolute Gasteiger partial charge is 0.419 e. The van der Waals surface area contributed by atoms with E-state index < -0.39 is 11.3 Å². The minimum atomic E-state index is -0.854. The standard InChI is InChI=1S/C26H25N3O6/c1-29(2)18-11-9-17(10-12-18)27-24(30)16-7-5-15(6-8-16)13-19-22-20(35-26(32)28-25(22)31)14-21(33-3)23(19)34-4/h5-12,14H,13H2,1-4H3,(H,27,30)(H,28,31,32). The van der Waals surface area contributed by atoms with E-state index in [1.807, 2.05) is 43.3 Å². The predicted octanol–water partition coefficient (Wildman–Crippen LogP) is 3.41. The number of nitrogens with zero attached hydrogens (tertiary/aromatic N) is 1. The van der Waals surface area contributed by atoms with Gasteiger partial charge in [0.05, 0.1) is 19.6 Å². The lowest BCUT2D eigenvalue weighted by molar-refractivity contribution is 0.102. The number of aromatic amines is 1. The highest BCUT2D eigenvalue weighted by atomic mass is 16.5. The van der Waals surface area contributed by atoms with Gasteiger partial charge in [-0.3, -0.25) is 14.6 Å². The summed E-state index contributed by atoms with van der Waals surface area (Å²) in [4.78, 5) is 41.1. The molecule has 2 N–H and O–H groups in total. The number of carbonyl (C=O) groups is 1. The summed E-state index contributed by atoms with van der Waals surface area (Å²) in [5.74, 6) is -0.397. The molecular formula is C26H25N3O6. The molecular weight excluding hydrogens is 450 g/mol. The van der Waals surface area contributed by atoms with Gasteiger partial charge in [-0.1, -0.05) is 12.1 Å². The molecule has 0 fully saturated rings. The van der Waals surface area contributed by atoms with E-state index >= 15 is 0 Å². The number of anilines is 2. The molecule has 1 amide bonds. The van der Waals surface area contributed by atoms with Crippen molar-refractivity contribution in [2.24, 2.45) is 0 Å². The fourth-order valence-corrected chi connectivity index (χ4v) is 3.85. The minimum Gasteiger partial charge on any atom is -0.493 e. The molecule has 0 spiro atoms. The summed E-state index contributed by atoms with van der Waals surface area (Å²) in [6, 6.07) is 16.0. The van der Waals surface area contributed by atoms with Crippen molar-refractivity contribution in [2.75, 3.05) is 38.5 Å². The van der Waals surface area contributed by atoms with Gasteiger partial charge < -0.3 is 24.1 Å². The van der Waals surface area contributed by atoms with Crippen LogP contribution in [0.1, 0.15) is 21.5 Å². The SMILES string of the molecule is COc1cc2oc(=O)[nH]c(=O)c2c(Cc2ccc(C(=O)Nc3ccc(N(C)C)cc3)cc2)c1OC. The first-order chi connectivity index (χ1) is 16.8. The lowest BCUT2D eigenvalue weighted by atomic mass is 9.99. The molecule has 9 heteroatoms. The zero-order valence-electron chi connectivity index (χ0n) is 19.8. The lowest BCUT2D eigenvalue weighted by Crippen LogP contribution is -2.19. The zero-order chi connectivity index (χ0) is 25.1. The van der Waals surface area contributed by atoms with E-state index in [9.17, 15) is 14.4 Å². The van der Waals surface area contributed by atoms with Gasteiger partial charge in [0, 0.05) is 49.1 Å². The van der Waals surface area contributed by atoms with Crippen LogP contribution in [0.2, 0.25) is 0 Å². The number of hydrogen-bond acceptors (Lipinski definition) is 7. The predicted molar refractivity (Wildman–Crippen MR) is 134 cm³/mol. The second kappa shape index (κ2) is 9.76. The molecule has 0 atom stereocenters. The quantitative estimate of drug-likeness (QED) is 0.421. The fourth-order valence-electron chi connectivity index (χ4n) is 3.85. The Morgan fingerprint density at radius 1 is 1.00 bits per heavy atom. The van der Waals surface area contributed by atoms with Crippen LogP contribution in [-0.2, 0) is 6.42 Å². The molecule has 4 rings (SSSR count). The van der Waals surface area contributed by atoms with Gasteiger partial charge in [0.1, 0.15) is 5.58 Å². The number of amides is 1. The van der Waals surface area contributed by atoms with Crippen molar-refractivity contribution < 1.29 is 18.7 Å². The number of nitrogens with one attached hydrogen (secondary N) is 2. The molecule has 0 aliphatic rings. The second-order valence-electron chi connectivity index (χ2n) is 8.08. The Bertz CT molecular complexity index is 1490. The van der Waals surface area contributed by atoms with E-state index in [2.05, 4.69) is 10.3 Å². The van der Waals surface area contributed by atoms with Gasteiger partial charge in [-0.2, -0.15) is 0 Å². The molecule has 3 aromatic carbocycles. The molecule has 0 unspecified atom stereocenters. The lowest BCUT2D eigenvalue weighted by Gasteiger charge is -2.15. The van der Waals surface area contributed by atoms with Crippen molar-refractivity contribution >= 4 is 28.3 Å². The Hall–Kier alpha value is -4.53. The van der Waals surface area contributed by atoms with Gasteiger partial charge in [-0.15, -0.1) is 0 Å². The average molecular weight is 476 g/mol. The molecule has 180 valence electrons. The number of benzene rings is 3. The molecule has 4 aromatic rings. The van der Waals surface area contributed by atoms with Gasteiger partial charge in [-0.05, 0) is 42.0 Å². The summed E-state index contributed by atoms with van der Waals surface area (Å²) in [5.41, 5.74) is 3.05. The van der Waals surface area contributed by atoms with Gasteiger partial charge in [0.25, 0.3) is 11.5 Å². The largest absolute Gasteiger partial charge is 0.493 e. The van der Waals surface area contributed by atoms with Crippen LogP contribution >= 0.6 is 0 Å². The van der Waals surface area contributed by atoms with Crippen LogP contribution in [0.4, 0.5) is 11.4 Å². The van der Waals surface area contributed by atoms with Crippen LogP contribution in [0.25, 0.3) is 11.0 Å². The number of aromatic nitrogens is 1. The third-order valence-electron chi connectivity index (χ3n) is 5.62. The summed E-state index contributed by atoms with van der Waals surface area (Å²) in [5, 5.41) is 3.08. The maximum Gasteiger partial charge on any atom is 0.419 e. The molecule has 0 aliphatic carbocycles. The van der Waals surface area contributed by atoms with E-state index in [-0.39, 0.29) is 23.3 Å². The molecule has 0 saturated heterocycles. The third-order valence-corrected chi connectivity index (χ3v) is 5.62. The summed E-state index contributed by atoms with van der Waals surface area (Å²) in [6.45, 7) is 0. The highest BCUT2D eigenvalue weighted by Crippen LogP contribution is 2.37. The van der Waals surface area contributed by atoms with E-state index in [0.29, 0.717) is 28.3 Å². The second-order valence-corrected chi connectivity index (χ2v) is 8.08. The van der Waals surface area contributed by atoms with Crippen LogP contribution in [0.3, 0.4) is 0 Å². The van der Waals surface area contributed by atoms with Crippen molar-refractivity contribution in [3.8, 4) is 11.5 Å². The van der Waals surface area contributed by atoms with E-state index in [0.717, 1.165) is 11.3 Å². The first kappa shape index (κ1) is 23.6. The van der Waals surface area contributed by atoms with E-state index in [4.69, 9.17) is 13.9 Å². The number of ether oxygens (including phenoxy) is 2. The number of fused-ring (bicyclic) bond motifs is 1. The summed E-state index contributed by atoms with van der Waals surface area (Å²) >= 11 is 0. The van der Waals surface area contributed by atoms with E-state index in [1.165, 1.54) is 20.3 Å². The van der Waals surface area contributed by atoms with Crippen molar-refractivity contribution in [1.29, 1.82) is 0 Å². The molecule has 0 aliphatic heterocycles. The Balaban J connectivity index is 1.62. The summed E-state index contributed by atoms with van der Waals surface area (Å²) in [7, 11) is 6.83. The number of methoxy groups -OCH3 is 2. The fraction of sp³-hybridized carbons (Fsp3) is 0.192. The minimum absolute atomic E-state index is 0.0997. The van der Waals surface area contributed by atoms with Crippen LogP contribution in [0.5, 0.6) is 11.5 Å². The molecule has 9 nitrogen and oxygen atoms in total. The van der Waals surface area contributed by atoms with Gasteiger partial charge >= 0.3 is 5.76 Å². The maximum atomic E-state index is 12.7. The zero-order valence-corrected chi connectivity index (χ0v) is 19.8. The normalized spacial score (nSPS) is 10.7. The Labute approximate surface area is 200 Å². The molecule has 1 aromatic heterocycles. The van der Waals surface area contributed by atoms with Crippen molar-refractivity contribution in [1.82, 2.24) is 4.98 Å². The Morgan fingerprint density at radius 3 is 2.29 bits per heavy atom. The van der Waals surface area contributed by atoms with Gasteiger partial charge in [-0.25, -0.2) is 4.79 Å². The van der Waals surface area contributed by atoms with Crippen molar-refractivity contribution in [3.05, 3.63) is 92.2 Å². The Kier molecular flexibility index (Phi) is 6.59. The molecule has 0 radical (unpaired) electrons. The number of H-pyrrole nitrogens is 1. The first-order valence-electron chi connectivity index (χ1n) is 10.8. The monoisotopic (exact) mass is 475 g/mol. The topological polar surface area (TPSA) is 114 Å². The molecule has 1 heterocycles. The van der Waals surface area contributed by atoms with Gasteiger partial charge in [0.15, 0.2) is 11.5 Å². The van der Waals surface area contributed by atoms with Gasteiger partial charge in [0.2, 0.25) is 0 Å². The van der Waals surface area contributed by atoms with Crippen LogP contribution < -0.4 is 31.0 Å². The number of carbonyl (C=O) groups excluding carboxylic acids is 1. The van der Waals surface area contributed by atoms with Crippen LogP contribution in [-0.4, -0.2) is 39.2 Å². The molecule has 0 bridgehead atoms. The van der Waals surface area contributed by atoms with E-state index in [1.54, 1.807) is 24.3 Å². The summed E-state index contributed by atoms with van der Waals surface area (Å²) < 4.78 is 16.1. The maximum absolute atomic E-state index is 12.7. The third kappa shape index (κ3) is 4.89. The number of hydrogen-bond donors (Lipinski definition) is 2. The van der Waals surface area contributed by atoms with Crippen molar-refractivity contribution in [2.45, 2.75) is 6.42 Å². The highest BCUT2D eigenvalue weighted by molar-refractivity contribution is 6.04. The van der Waals surface area contributed by atoms with Crippen molar-refractivity contribution in [3.63, 3.8) is 0 Å². The number of rotatable bonds is 7. The summed E-state index contributed by atoms with van der Waals surface area (Å²) in [6.07, 6.45) is 0.279. The molecule has 0 saturated carbocycles. The average Bonchev–Trinajstić information content (AvgIpc) is 2.84.